The average molecular weight is 472 g/mol. The predicted octanol–water partition coefficient (Wildman–Crippen LogP) is 4.80. The zero-order chi connectivity index (χ0) is 24.4. The van der Waals surface area contributed by atoms with Crippen LogP contribution in [0.5, 0.6) is 0 Å². The van der Waals surface area contributed by atoms with E-state index in [1.165, 1.54) is 0 Å². The third-order valence-electron chi connectivity index (χ3n) is 6.04. The second-order valence-electron chi connectivity index (χ2n) is 9.58. The summed E-state index contributed by atoms with van der Waals surface area (Å²) < 4.78 is 5.47. The molecule has 0 atom stereocenters. The fourth-order valence-electron chi connectivity index (χ4n) is 4.03. The molecule has 4 heterocycles. The molecule has 9 heteroatoms. The highest BCUT2D eigenvalue weighted by Crippen LogP contribution is 2.29. The molecule has 1 fully saturated rings. The number of hydrogen-bond acceptors (Lipinski definition) is 6. The first-order valence-corrected chi connectivity index (χ1v) is 11.7. The van der Waals surface area contributed by atoms with E-state index in [1.54, 1.807) is 12.5 Å². The van der Waals surface area contributed by atoms with Gasteiger partial charge in [-0.05, 0) is 40.8 Å². The Bertz CT molecular complexity index is 1320. The number of rotatable bonds is 4. The number of carbonyl (C=O) groups is 1. The van der Waals surface area contributed by atoms with Gasteiger partial charge in [-0.3, -0.25) is 5.32 Å². The molecule has 1 aromatic carbocycles. The number of amides is 2. The number of anilines is 3. The highest BCUT2D eigenvalue weighted by Gasteiger charge is 2.18. The molecule has 1 aliphatic rings. The molecular formula is C26H29N7O2. The minimum atomic E-state index is -0.343. The van der Waals surface area contributed by atoms with E-state index >= 15 is 0 Å². The first-order chi connectivity index (χ1) is 16.9. The van der Waals surface area contributed by atoms with E-state index in [-0.39, 0.29) is 11.4 Å². The van der Waals surface area contributed by atoms with Gasteiger partial charge in [0.25, 0.3) is 0 Å². The molecule has 4 aromatic rings. The maximum absolute atomic E-state index is 12.4. The molecule has 0 aliphatic carbocycles. The Morgan fingerprint density at radius 1 is 1.00 bits per heavy atom. The summed E-state index contributed by atoms with van der Waals surface area (Å²) in [7, 11) is 0. The first kappa shape index (κ1) is 22.8. The predicted molar refractivity (Wildman–Crippen MR) is 138 cm³/mol. The third-order valence-corrected chi connectivity index (χ3v) is 6.04. The number of nitrogens with one attached hydrogen (secondary N) is 3. The average Bonchev–Trinajstić information content (AvgIpc) is 3.29. The number of aromatic nitrogens is 4. The molecule has 0 radical (unpaired) electrons. The zero-order valence-corrected chi connectivity index (χ0v) is 20.1. The lowest BCUT2D eigenvalue weighted by molar-refractivity contribution is 0.122. The molecular weight excluding hydrogens is 442 g/mol. The molecule has 0 unspecified atom stereocenters. The van der Waals surface area contributed by atoms with Crippen molar-refractivity contribution in [1.82, 2.24) is 19.9 Å². The van der Waals surface area contributed by atoms with E-state index in [4.69, 9.17) is 4.74 Å². The molecule has 5 rings (SSSR count). The Kier molecular flexibility index (Phi) is 6.08. The molecule has 9 nitrogen and oxygen atoms in total. The second kappa shape index (κ2) is 9.34. The monoisotopic (exact) mass is 471 g/mol. The zero-order valence-electron chi connectivity index (χ0n) is 20.1. The number of urea groups is 1. The molecule has 3 aromatic heterocycles. The number of nitrogens with zero attached hydrogens (tertiary/aromatic N) is 4. The van der Waals surface area contributed by atoms with Crippen LogP contribution in [0.3, 0.4) is 0 Å². The lowest BCUT2D eigenvalue weighted by Gasteiger charge is -2.27. The van der Waals surface area contributed by atoms with Crippen molar-refractivity contribution in [3.05, 3.63) is 60.6 Å². The number of hydrogen-bond donors (Lipinski definition) is 3. The molecule has 1 aliphatic heterocycles. The summed E-state index contributed by atoms with van der Waals surface area (Å²) in [5.41, 5.74) is 4.53. The highest BCUT2D eigenvalue weighted by atomic mass is 16.5. The van der Waals surface area contributed by atoms with Crippen LogP contribution < -0.4 is 15.5 Å². The molecule has 35 heavy (non-hydrogen) atoms. The summed E-state index contributed by atoms with van der Waals surface area (Å²) in [6.45, 7) is 9.39. The first-order valence-electron chi connectivity index (χ1n) is 11.7. The minimum absolute atomic E-state index is 0.0111. The maximum atomic E-state index is 12.4. The van der Waals surface area contributed by atoms with Gasteiger partial charge in [-0.15, -0.1) is 0 Å². The SMILES string of the molecule is CC(C)(C)c1ccc(NC(=O)Nc2ccc(-c3cc4c(N5CCOCC5)ncnc4[nH]3)cc2)nc1. The number of aromatic amines is 1. The molecule has 180 valence electrons. The Balaban J connectivity index is 1.27. The summed E-state index contributed by atoms with van der Waals surface area (Å²) in [6.07, 6.45) is 3.38. The van der Waals surface area contributed by atoms with Gasteiger partial charge in [-0.1, -0.05) is 39.0 Å². The number of benzene rings is 1. The summed E-state index contributed by atoms with van der Waals surface area (Å²) in [5.74, 6) is 1.42. The van der Waals surface area contributed by atoms with Gasteiger partial charge in [-0.2, -0.15) is 0 Å². The van der Waals surface area contributed by atoms with Crippen LogP contribution in [-0.4, -0.2) is 52.3 Å². The minimum Gasteiger partial charge on any atom is -0.378 e. The number of carbonyl (C=O) groups excluding carboxylic acids is 1. The van der Waals surface area contributed by atoms with Crippen LogP contribution >= 0.6 is 0 Å². The summed E-state index contributed by atoms with van der Waals surface area (Å²) in [6, 6.07) is 13.2. The maximum Gasteiger partial charge on any atom is 0.324 e. The number of pyridine rings is 1. The number of H-pyrrole nitrogens is 1. The summed E-state index contributed by atoms with van der Waals surface area (Å²) in [4.78, 5) is 31.3. The topological polar surface area (TPSA) is 108 Å². The van der Waals surface area contributed by atoms with E-state index in [0.29, 0.717) is 24.7 Å². The van der Waals surface area contributed by atoms with E-state index in [2.05, 4.69) is 62.3 Å². The van der Waals surface area contributed by atoms with Crippen molar-refractivity contribution in [1.29, 1.82) is 0 Å². The van der Waals surface area contributed by atoms with Gasteiger partial charge in [0.1, 0.15) is 23.6 Å². The molecule has 0 spiro atoms. The Labute approximate surface area is 204 Å². The largest absolute Gasteiger partial charge is 0.378 e. The molecule has 1 saturated heterocycles. The van der Waals surface area contributed by atoms with Crippen molar-refractivity contribution in [2.45, 2.75) is 26.2 Å². The van der Waals surface area contributed by atoms with Crippen molar-refractivity contribution in [3.8, 4) is 11.3 Å². The fourth-order valence-corrected chi connectivity index (χ4v) is 4.03. The lowest BCUT2D eigenvalue weighted by Crippen LogP contribution is -2.36. The molecule has 2 amide bonds. The quantitative estimate of drug-likeness (QED) is 0.395. The van der Waals surface area contributed by atoms with Gasteiger partial charge in [0.05, 0.1) is 18.6 Å². The van der Waals surface area contributed by atoms with Gasteiger partial charge in [0.2, 0.25) is 0 Å². The van der Waals surface area contributed by atoms with Crippen LogP contribution in [0.15, 0.2) is 55.0 Å². The van der Waals surface area contributed by atoms with Crippen LogP contribution in [0.4, 0.5) is 22.1 Å². The smallest absolute Gasteiger partial charge is 0.324 e. The van der Waals surface area contributed by atoms with E-state index in [9.17, 15) is 4.79 Å². The normalized spacial score (nSPS) is 14.2. The van der Waals surface area contributed by atoms with E-state index < -0.39 is 0 Å². The van der Waals surface area contributed by atoms with Crippen molar-refractivity contribution >= 4 is 34.4 Å². The third kappa shape index (κ3) is 5.09. The lowest BCUT2D eigenvalue weighted by atomic mass is 9.88. The van der Waals surface area contributed by atoms with Crippen LogP contribution in [0.1, 0.15) is 26.3 Å². The van der Waals surface area contributed by atoms with Crippen molar-refractivity contribution in [2.24, 2.45) is 0 Å². The highest BCUT2D eigenvalue weighted by molar-refractivity contribution is 5.99. The van der Waals surface area contributed by atoms with Crippen LogP contribution in [0, 0.1) is 0 Å². The van der Waals surface area contributed by atoms with Crippen molar-refractivity contribution in [3.63, 3.8) is 0 Å². The second-order valence-corrected chi connectivity index (χ2v) is 9.58. The van der Waals surface area contributed by atoms with Gasteiger partial charge in [0.15, 0.2) is 0 Å². The summed E-state index contributed by atoms with van der Waals surface area (Å²) in [5, 5.41) is 6.61. The fraction of sp³-hybridized carbons (Fsp3) is 0.308. The molecule has 0 saturated carbocycles. The summed E-state index contributed by atoms with van der Waals surface area (Å²) >= 11 is 0. The van der Waals surface area contributed by atoms with Crippen molar-refractivity contribution in [2.75, 3.05) is 41.8 Å². The van der Waals surface area contributed by atoms with Gasteiger partial charge in [0, 0.05) is 30.7 Å². The Morgan fingerprint density at radius 3 is 2.46 bits per heavy atom. The molecule has 0 bridgehead atoms. The number of fused-ring (bicyclic) bond motifs is 1. The van der Waals surface area contributed by atoms with E-state index in [0.717, 1.165) is 46.8 Å². The van der Waals surface area contributed by atoms with E-state index in [1.807, 2.05) is 36.4 Å². The molecule has 3 N–H and O–H groups in total. The van der Waals surface area contributed by atoms with Crippen molar-refractivity contribution < 1.29 is 9.53 Å². The van der Waals surface area contributed by atoms with Gasteiger partial charge in [-0.25, -0.2) is 19.7 Å². The standard InChI is InChI=1S/C26H29N7O2/c1-26(2,3)18-6-9-22(27-15-18)32-25(34)30-19-7-4-17(5-8-19)21-14-20-23(31-21)28-16-29-24(20)33-10-12-35-13-11-33/h4-9,14-16H,10-13H2,1-3H3,(H,28,29,31)(H2,27,30,32,34). The van der Waals surface area contributed by atoms with Crippen LogP contribution in [0.2, 0.25) is 0 Å². The van der Waals surface area contributed by atoms with Gasteiger partial charge >= 0.3 is 6.03 Å². The Morgan fingerprint density at radius 2 is 1.77 bits per heavy atom. The van der Waals surface area contributed by atoms with Crippen LogP contribution in [0.25, 0.3) is 22.3 Å². The number of ether oxygens (including phenoxy) is 1. The van der Waals surface area contributed by atoms with Gasteiger partial charge < -0.3 is 19.9 Å². The van der Waals surface area contributed by atoms with Crippen LogP contribution in [-0.2, 0) is 10.2 Å². The number of morpholine rings is 1. The Hall–Kier alpha value is -3.98.